The van der Waals surface area contributed by atoms with E-state index in [9.17, 15) is 3.89 Å². The van der Waals surface area contributed by atoms with Gasteiger partial charge in [-0.05, 0) is 29.0 Å². The Morgan fingerprint density at radius 3 is 2.52 bits per heavy atom. The third-order valence-corrected chi connectivity index (χ3v) is 4.35. The fourth-order valence-electron chi connectivity index (χ4n) is 1.47. The molecule has 1 heterocycles. The van der Waals surface area contributed by atoms with E-state index in [-0.39, 0.29) is 23.1 Å². The van der Waals surface area contributed by atoms with Crippen LogP contribution in [0.2, 0.25) is 0 Å². The summed E-state index contributed by atoms with van der Waals surface area (Å²) in [5, 5.41) is 5.78. The van der Waals surface area contributed by atoms with Gasteiger partial charge in [0.25, 0.3) is 0 Å². The van der Waals surface area contributed by atoms with Crippen LogP contribution in [0, 0.1) is 0 Å². The number of halogens is 2. The summed E-state index contributed by atoms with van der Waals surface area (Å²) in [5.41, 5.74) is 0. The van der Waals surface area contributed by atoms with Gasteiger partial charge in [-0.1, -0.05) is 13.8 Å². The van der Waals surface area contributed by atoms with Crippen LogP contribution in [0.1, 0.15) is 13.8 Å². The fraction of sp³-hybridized carbons (Fsp3) is 0.800. The van der Waals surface area contributed by atoms with Gasteiger partial charge >= 0.3 is 6.01 Å². The van der Waals surface area contributed by atoms with Gasteiger partial charge in [0, 0.05) is 27.2 Å². The molecule has 0 radical (unpaired) electrons. The molecule has 122 valence electrons. The lowest BCUT2D eigenvalue weighted by molar-refractivity contribution is 0.109. The topological polar surface area (TPSA) is 49.7 Å². The Bertz CT molecular complexity index is 422. The van der Waals surface area contributed by atoms with Crippen LogP contribution in [0.5, 0.6) is 6.01 Å². The van der Waals surface area contributed by atoms with Crippen molar-refractivity contribution >= 4 is 40.5 Å². The van der Waals surface area contributed by atoms with Crippen LogP contribution in [0.15, 0.2) is 4.73 Å². The smallest absolute Gasteiger partial charge is 0.342 e. The van der Waals surface area contributed by atoms with E-state index in [4.69, 9.17) is 4.18 Å². The summed E-state index contributed by atoms with van der Waals surface area (Å²) in [6.45, 7) is 8.18. The van der Waals surface area contributed by atoms with E-state index in [0.29, 0.717) is 0 Å². The second-order valence-electron chi connectivity index (χ2n) is 4.14. The Labute approximate surface area is 142 Å². The van der Waals surface area contributed by atoms with E-state index in [2.05, 4.69) is 44.8 Å². The molecule has 1 aromatic rings. The predicted molar refractivity (Wildman–Crippen MR) is 88.2 cm³/mol. The molecule has 0 aliphatic heterocycles. The molecule has 11 heteroatoms. The van der Waals surface area contributed by atoms with Gasteiger partial charge in [-0.25, -0.2) is 5.01 Å². The first kappa shape index (κ1) is 19.0. The lowest BCUT2D eigenvalue weighted by Gasteiger charge is -2.28. The summed E-state index contributed by atoms with van der Waals surface area (Å²) in [7, 11) is 3.83. The molecule has 0 fully saturated rings. The highest BCUT2D eigenvalue weighted by molar-refractivity contribution is 9.10. The SMILES string of the molecule is CCN(CC)CCN(C)N(C)SOc1nc(Br)nn1SF. The van der Waals surface area contributed by atoms with Crippen molar-refractivity contribution in [2.45, 2.75) is 13.8 Å². The maximum absolute atomic E-state index is 12.6. The highest BCUT2D eigenvalue weighted by Gasteiger charge is 2.15. The van der Waals surface area contributed by atoms with Crippen LogP contribution in [-0.4, -0.2) is 68.8 Å². The normalized spacial score (nSPS) is 11.9. The Balaban J connectivity index is 2.40. The van der Waals surface area contributed by atoms with Crippen LogP contribution >= 0.6 is 40.5 Å². The molecule has 0 saturated carbocycles. The maximum Gasteiger partial charge on any atom is 0.342 e. The van der Waals surface area contributed by atoms with Crippen molar-refractivity contribution in [3.8, 4) is 6.01 Å². The molecule has 7 nitrogen and oxygen atoms in total. The number of hydrazine groups is 1. The van der Waals surface area contributed by atoms with Gasteiger partial charge in [0.2, 0.25) is 4.73 Å². The monoisotopic (exact) mass is 402 g/mol. The minimum absolute atomic E-state index is 0.0676. The lowest BCUT2D eigenvalue weighted by atomic mass is 10.4. The molecule has 0 amide bonds. The number of hydrogen-bond acceptors (Lipinski definition) is 8. The van der Waals surface area contributed by atoms with Crippen LogP contribution in [0.3, 0.4) is 0 Å². The van der Waals surface area contributed by atoms with Crippen LogP contribution in [0.25, 0.3) is 0 Å². The molecule has 0 aromatic carbocycles. The predicted octanol–water partition coefficient (Wildman–Crippen LogP) is 2.48. The highest BCUT2D eigenvalue weighted by atomic mass is 79.9. The quantitative estimate of drug-likeness (QED) is 0.336. The van der Waals surface area contributed by atoms with Crippen molar-refractivity contribution in [3.05, 3.63) is 4.73 Å². The Morgan fingerprint density at radius 1 is 1.29 bits per heavy atom. The Hall–Kier alpha value is -0.0700. The van der Waals surface area contributed by atoms with E-state index < -0.39 is 0 Å². The lowest BCUT2D eigenvalue weighted by Crippen LogP contribution is -2.39. The Morgan fingerprint density at radius 2 is 1.95 bits per heavy atom. The first-order chi connectivity index (χ1) is 10.0. The summed E-state index contributed by atoms with van der Waals surface area (Å²) in [6, 6.07) is 0.0865. The summed E-state index contributed by atoms with van der Waals surface area (Å²) < 4.78 is 21.0. The molecule has 0 saturated heterocycles. The van der Waals surface area contributed by atoms with Gasteiger partial charge in [-0.15, -0.1) is 13.1 Å². The molecule has 1 rings (SSSR count). The number of likely N-dealkylation sites (N-methyl/N-ethyl adjacent to an activating group) is 2. The van der Waals surface area contributed by atoms with Crippen molar-refractivity contribution in [2.24, 2.45) is 0 Å². The van der Waals surface area contributed by atoms with Gasteiger partial charge in [0.05, 0.1) is 0 Å². The molecular formula is C10H20BrFN6OS2. The highest BCUT2D eigenvalue weighted by Crippen LogP contribution is 2.23. The molecular weight excluding hydrogens is 383 g/mol. The Kier molecular flexibility index (Phi) is 8.90. The summed E-state index contributed by atoms with van der Waals surface area (Å²) in [5.74, 6) is 0. The molecule has 0 atom stereocenters. The molecule has 0 bridgehead atoms. The largest absolute Gasteiger partial charge is 0.370 e. The molecule has 0 aliphatic rings. The summed E-state index contributed by atoms with van der Waals surface area (Å²) in [6.07, 6.45) is 0. The van der Waals surface area contributed by atoms with Crippen molar-refractivity contribution in [1.82, 2.24) is 28.5 Å². The second-order valence-corrected chi connectivity index (χ2v) is 6.17. The van der Waals surface area contributed by atoms with Crippen molar-refractivity contribution in [1.29, 1.82) is 0 Å². The van der Waals surface area contributed by atoms with Crippen LogP contribution in [0.4, 0.5) is 3.89 Å². The molecule has 0 aliphatic carbocycles. The van der Waals surface area contributed by atoms with Crippen molar-refractivity contribution < 1.29 is 8.07 Å². The van der Waals surface area contributed by atoms with Gasteiger partial charge < -0.3 is 9.08 Å². The van der Waals surface area contributed by atoms with Gasteiger partial charge in [-0.3, -0.25) is 0 Å². The molecule has 21 heavy (non-hydrogen) atoms. The van der Waals surface area contributed by atoms with Crippen LogP contribution in [-0.2, 0) is 0 Å². The standard InChI is InChI=1S/C10H20BrFN6OS2/c1-5-17(6-2)8-7-15(3)16(4)21-19-10-13-9(11)14-18(10)20-12/h5-8H2,1-4H3. The third-order valence-electron chi connectivity index (χ3n) is 2.92. The van der Waals surface area contributed by atoms with Gasteiger partial charge in [0.15, 0.2) is 24.6 Å². The van der Waals surface area contributed by atoms with Gasteiger partial charge in [0.1, 0.15) is 0 Å². The summed E-state index contributed by atoms with van der Waals surface area (Å²) >= 11 is 4.07. The van der Waals surface area contributed by atoms with E-state index in [1.54, 1.807) is 0 Å². The molecule has 0 spiro atoms. The zero-order chi connectivity index (χ0) is 15.8. The van der Waals surface area contributed by atoms with E-state index in [0.717, 1.165) is 42.5 Å². The average molecular weight is 403 g/mol. The second kappa shape index (κ2) is 9.85. The number of aromatic nitrogens is 3. The van der Waals surface area contributed by atoms with E-state index in [1.165, 1.54) is 0 Å². The average Bonchev–Trinajstić information content (AvgIpc) is 2.85. The summed E-state index contributed by atoms with van der Waals surface area (Å²) in [4.78, 5) is 6.26. The minimum atomic E-state index is -0.0676. The number of rotatable bonds is 10. The first-order valence-corrected chi connectivity index (χ1v) is 8.61. The van der Waals surface area contributed by atoms with E-state index >= 15 is 0 Å². The molecule has 0 N–H and O–H groups in total. The zero-order valence-electron chi connectivity index (χ0n) is 12.5. The minimum Gasteiger partial charge on any atom is -0.370 e. The first-order valence-electron chi connectivity index (χ1n) is 6.45. The number of nitrogens with zero attached hydrogens (tertiary/aromatic N) is 6. The van der Waals surface area contributed by atoms with E-state index in [1.807, 2.05) is 23.5 Å². The third kappa shape index (κ3) is 6.28. The fourth-order valence-corrected chi connectivity index (χ4v) is 2.65. The maximum atomic E-state index is 12.6. The van der Waals surface area contributed by atoms with Crippen molar-refractivity contribution in [3.63, 3.8) is 0 Å². The number of hydrogen-bond donors (Lipinski definition) is 0. The van der Waals surface area contributed by atoms with Crippen molar-refractivity contribution in [2.75, 3.05) is 40.3 Å². The zero-order valence-corrected chi connectivity index (χ0v) is 15.7. The molecule has 0 unspecified atom stereocenters. The van der Waals surface area contributed by atoms with Crippen LogP contribution < -0.4 is 4.18 Å². The van der Waals surface area contributed by atoms with Gasteiger partial charge in [-0.2, -0.15) is 9.40 Å². The molecule has 1 aromatic heterocycles.